The second-order valence-corrected chi connectivity index (χ2v) is 11.9. The standard InChI is InChI=1S/C26H31N5O5S/c1-4-12-29(16-31-18-9-7-6-8-17(18)27-28-31)23(34)21-26-11-10-25(3,37-26)20(24(35)36-15-5-2)19(26)22(33)30(21)13-14-32/h4-9,19-21,32H,1-2,10-16H2,3H3/t19-,20-,21?,25+,26?/m0/s1. The fraction of sp³-hybridized carbons (Fsp3) is 0.500. The predicted molar refractivity (Wildman–Crippen MR) is 138 cm³/mol. The number of thioether (sulfide) groups is 1. The van der Waals surface area contributed by atoms with Gasteiger partial charge < -0.3 is 19.6 Å². The molecule has 4 heterocycles. The van der Waals surface area contributed by atoms with E-state index in [0.29, 0.717) is 18.4 Å². The highest BCUT2D eigenvalue weighted by Gasteiger charge is 2.77. The number of esters is 1. The number of likely N-dealkylation sites (tertiary alicyclic amines) is 1. The Morgan fingerprint density at radius 2 is 2.08 bits per heavy atom. The van der Waals surface area contributed by atoms with E-state index in [4.69, 9.17) is 4.74 Å². The Morgan fingerprint density at radius 1 is 1.30 bits per heavy atom. The summed E-state index contributed by atoms with van der Waals surface area (Å²) < 4.78 is 5.75. The molecule has 3 fully saturated rings. The van der Waals surface area contributed by atoms with Gasteiger partial charge in [0.05, 0.1) is 28.7 Å². The highest BCUT2D eigenvalue weighted by atomic mass is 32.2. The van der Waals surface area contributed by atoms with E-state index in [1.807, 2.05) is 31.2 Å². The normalized spacial score (nSPS) is 29.9. The van der Waals surface area contributed by atoms with Gasteiger partial charge in [0.1, 0.15) is 24.8 Å². The molecule has 2 bridgehead atoms. The second kappa shape index (κ2) is 9.60. The van der Waals surface area contributed by atoms with E-state index in [-0.39, 0.29) is 44.8 Å². The Bertz CT molecular complexity index is 1260. The van der Waals surface area contributed by atoms with Gasteiger partial charge in [0, 0.05) is 17.8 Å². The molecule has 3 aliphatic rings. The van der Waals surface area contributed by atoms with Crippen LogP contribution in [0.3, 0.4) is 0 Å². The summed E-state index contributed by atoms with van der Waals surface area (Å²) in [5, 5.41) is 18.2. The van der Waals surface area contributed by atoms with Gasteiger partial charge in [-0.1, -0.05) is 36.1 Å². The zero-order chi connectivity index (χ0) is 26.4. The minimum absolute atomic E-state index is 0.00732. The van der Waals surface area contributed by atoms with Crippen LogP contribution in [0.15, 0.2) is 49.6 Å². The molecule has 11 heteroatoms. The van der Waals surface area contributed by atoms with Crippen LogP contribution in [0.1, 0.15) is 19.8 Å². The number of rotatable bonds is 10. The van der Waals surface area contributed by atoms with E-state index >= 15 is 0 Å². The maximum atomic E-state index is 14.3. The first-order valence-corrected chi connectivity index (χ1v) is 13.2. The molecule has 196 valence electrons. The van der Waals surface area contributed by atoms with Gasteiger partial charge >= 0.3 is 5.97 Å². The summed E-state index contributed by atoms with van der Waals surface area (Å²) in [4.78, 5) is 44.4. The number of hydrogen-bond acceptors (Lipinski definition) is 8. The van der Waals surface area contributed by atoms with E-state index < -0.39 is 33.3 Å². The van der Waals surface area contributed by atoms with Crippen molar-refractivity contribution in [3.8, 4) is 0 Å². The van der Waals surface area contributed by atoms with Gasteiger partial charge in [-0.3, -0.25) is 14.4 Å². The zero-order valence-corrected chi connectivity index (χ0v) is 21.6. The third-order valence-corrected chi connectivity index (χ3v) is 9.82. The van der Waals surface area contributed by atoms with Crippen LogP contribution in [0.4, 0.5) is 0 Å². The number of β-amino-alcohol motifs (C(OH)–C–C–N with tert-alkyl or cyclic N) is 1. The van der Waals surface area contributed by atoms with E-state index in [1.54, 1.807) is 27.4 Å². The largest absolute Gasteiger partial charge is 0.461 e. The summed E-state index contributed by atoms with van der Waals surface area (Å²) in [6, 6.07) is 6.64. The molecule has 1 spiro atoms. The van der Waals surface area contributed by atoms with Crippen molar-refractivity contribution in [1.82, 2.24) is 24.8 Å². The number of aromatic nitrogens is 3. The van der Waals surface area contributed by atoms with Crippen LogP contribution in [-0.4, -0.2) is 89.5 Å². The monoisotopic (exact) mass is 525 g/mol. The Balaban J connectivity index is 1.52. The van der Waals surface area contributed by atoms with Crippen molar-refractivity contribution in [3.63, 3.8) is 0 Å². The molecule has 37 heavy (non-hydrogen) atoms. The van der Waals surface area contributed by atoms with Crippen molar-refractivity contribution < 1.29 is 24.2 Å². The molecule has 2 unspecified atom stereocenters. The molecule has 5 atom stereocenters. The molecule has 10 nitrogen and oxygen atoms in total. The van der Waals surface area contributed by atoms with Crippen LogP contribution in [0.2, 0.25) is 0 Å². The van der Waals surface area contributed by atoms with Crippen LogP contribution in [0, 0.1) is 11.8 Å². The molecular weight excluding hydrogens is 494 g/mol. The van der Waals surface area contributed by atoms with Gasteiger partial charge in [0.15, 0.2) is 0 Å². The van der Waals surface area contributed by atoms with Gasteiger partial charge in [-0.05, 0) is 31.9 Å². The first-order chi connectivity index (χ1) is 17.8. The highest BCUT2D eigenvalue weighted by molar-refractivity contribution is 8.02. The average Bonchev–Trinajstić information content (AvgIpc) is 3.58. The predicted octanol–water partition coefficient (Wildman–Crippen LogP) is 1.61. The van der Waals surface area contributed by atoms with E-state index in [2.05, 4.69) is 23.5 Å². The number of hydrogen-bond donors (Lipinski definition) is 1. The third-order valence-electron chi connectivity index (χ3n) is 7.83. The van der Waals surface area contributed by atoms with Crippen molar-refractivity contribution in [3.05, 3.63) is 49.6 Å². The maximum absolute atomic E-state index is 14.3. The molecule has 0 radical (unpaired) electrons. The minimum Gasteiger partial charge on any atom is -0.461 e. The quantitative estimate of drug-likeness (QED) is 0.367. The number of amides is 2. The molecule has 1 aromatic carbocycles. The lowest BCUT2D eigenvalue weighted by Gasteiger charge is -2.37. The lowest BCUT2D eigenvalue weighted by atomic mass is 9.66. The highest BCUT2D eigenvalue weighted by Crippen LogP contribution is 2.71. The van der Waals surface area contributed by atoms with E-state index in [0.717, 1.165) is 5.52 Å². The molecule has 1 N–H and O–H groups in total. The fourth-order valence-electron chi connectivity index (χ4n) is 6.37. The molecule has 2 aromatic rings. The third kappa shape index (κ3) is 3.86. The van der Waals surface area contributed by atoms with Crippen molar-refractivity contribution >= 4 is 40.6 Å². The summed E-state index contributed by atoms with van der Waals surface area (Å²) >= 11 is 1.56. The van der Waals surface area contributed by atoms with Gasteiger partial charge in [-0.15, -0.1) is 23.4 Å². The molecule has 1 aromatic heterocycles. The summed E-state index contributed by atoms with van der Waals surface area (Å²) in [6.45, 7) is 9.55. The lowest BCUT2D eigenvalue weighted by molar-refractivity contribution is -0.154. The number of aliphatic hydroxyl groups excluding tert-OH is 1. The smallest absolute Gasteiger partial charge is 0.311 e. The SMILES string of the molecule is C=CCOC(=O)[C@@H]1[C@H]2C(=O)N(CCO)C(C(=O)N(CC=C)Cn3nnc4ccccc43)C23CC[C@@]1(C)S3. The van der Waals surface area contributed by atoms with Gasteiger partial charge in [-0.25, -0.2) is 4.68 Å². The van der Waals surface area contributed by atoms with Crippen molar-refractivity contribution in [1.29, 1.82) is 0 Å². The number of fused-ring (bicyclic) bond motifs is 2. The van der Waals surface area contributed by atoms with Gasteiger partial charge in [0.2, 0.25) is 11.8 Å². The molecule has 3 aliphatic heterocycles. The van der Waals surface area contributed by atoms with Gasteiger partial charge in [-0.2, -0.15) is 0 Å². The fourth-order valence-corrected chi connectivity index (χ4v) is 8.71. The van der Waals surface area contributed by atoms with E-state index in [1.165, 1.54) is 11.0 Å². The molecule has 0 aliphatic carbocycles. The lowest BCUT2D eigenvalue weighted by Crippen LogP contribution is -2.55. The first kappa shape index (κ1) is 25.5. The molecule has 5 rings (SSSR count). The summed E-state index contributed by atoms with van der Waals surface area (Å²) in [5.41, 5.74) is 1.49. The Labute approximate surface area is 219 Å². The number of carbonyl (C=O) groups is 3. The number of ether oxygens (including phenoxy) is 1. The Kier molecular flexibility index (Phi) is 6.61. The summed E-state index contributed by atoms with van der Waals surface area (Å²) in [7, 11) is 0. The van der Waals surface area contributed by atoms with Crippen molar-refractivity contribution in [2.75, 3.05) is 26.3 Å². The maximum Gasteiger partial charge on any atom is 0.311 e. The number of carbonyl (C=O) groups excluding carboxylic acids is 3. The zero-order valence-electron chi connectivity index (χ0n) is 20.8. The van der Waals surface area contributed by atoms with Crippen LogP contribution >= 0.6 is 11.8 Å². The topological polar surface area (TPSA) is 118 Å². The average molecular weight is 526 g/mol. The number of benzene rings is 1. The molecule has 2 amide bonds. The van der Waals surface area contributed by atoms with Crippen molar-refractivity contribution in [2.24, 2.45) is 11.8 Å². The van der Waals surface area contributed by atoms with Crippen molar-refractivity contribution in [2.45, 2.75) is 42.0 Å². The van der Waals surface area contributed by atoms with Crippen LogP contribution < -0.4 is 0 Å². The molecular formula is C26H31N5O5S. The van der Waals surface area contributed by atoms with Crippen LogP contribution in [0.25, 0.3) is 11.0 Å². The Morgan fingerprint density at radius 3 is 2.81 bits per heavy atom. The van der Waals surface area contributed by atoms with Crippen LogP contribution in [-0.2, 0) is 25.8 Å². The Hall–Kier alpha value is -3.18. The molecule has 0 saturated carbocycles. The minimum atomic E-state index is -0.837. The van der Waals surface area contributed by atoms with Crippen LogP contribution in [0.5, 0.6) is 0 Å². The first-order valence-electron chi connectivity index (χ1n) is 12.4. The number of para-hydroxylation sites is 1. The second-order valence-electron chi connectivity index (χ2n) is 9.97. The van der Waals surface area contributed by atoms with E-state index in [9.17, 15) is 19.5 Å². The summed E-state index contributed by atoms with van der Waals surface area (Å²) in [5.74, 6) is -2.37. The number of aliphatic hydroxyl groups is 1. The number of nitrogens with zero attached hydrogens (tertiary/aromatic N) is 5. The summed E-state index contributed by atoms with van der Waals surface area (Å²) in [6.07, 6.45) is 4.43. The van der Waals surface area contributed by atoms with Gasteiger partial charge in [0.25, 0.3) is 0 Å². The molecule has 3 saturated heterocycles.